The van der Waals surface area contributed by atoms with Crippen LogP contribution in [0.25, 0.3) is 0 Å². The summed E-state index contributed by atoms with van der Waals surface area (Å²) in [6.07, 6.45) is 0. The molecule has 8 heteroatoms. The second-order valence-corrected chi connectivity index (χ2v) is 4.64. The fraction of sp³-hybridized carbons (Fsp3) is 0.222. The molecule has 0 fully saturated rings. The maximum atomic E-state index is 11.0. The van der Waals surface area contributed by atoms with E-state index in [0.29, 0.717) is 5.56 Å². The second kappa shape index (κ2) is 5.24. The molecule has 0 atom stereocenters. The molecular formula is C9H8ClNO5S. The number of carbonyl (C=O) groups excluding carboxylic acids is 1. The van der Waals surface area contributed by atoms with Crippen LogP contribution in [0.4, 0.5) is 5.69 Å². The summed E-state index contributed by atoms with van der Waals surface area (Å²) in [5, 5.41) is 9.93. The van der Waals surface area contributed by atoms with Gasteiger partial charge in [0, 0.05) is 17.2 Å². The van der Waals surface area contributed by atoms with Gasteiger partial charge in [0.25, 0.3) is 10.9 Å². The smallest absolute Gasteiger partial charge is 0.274 e. The lowest BCUT2D eigenvalue weighted by atomic mass is 10.0. The van der Waals surface area contributed by atoms with E-state index in [0.717, 1.165) is 6.07 Å². The number of hydrogen-bond acceptors (Lipinski definition) is 5. The molecule has 0 amide bonds. The van der Waals surface area contributed by atoms with Gasteiger partial charge in [-0.25, -0.2) is 8.42 Å². The maximum Gasteiger partial charge on any atom is 0.274 e. The van der Waals surface area contributed by atoms with Crippen LogP contribution in [0, 0.1) is 17.0 Å². The molecule has 6 nitrogen and oxygen atoms in total. The van der Waals surface area contributed by atoms with Gasteiger partial charge in [0.2, 0.25) is 0 Å². The Labute approximate surface area is 103 Å². The summed E-state index contributed by atoms with van der Waals surface area (Å²) in [5.74, 6) is -0.441. The van der Waals surface area contributed by atoms with E-state index < -0.39 is 32.3 Å². The van der Waals surface area contributed by atoms with E-state index in [1.54, 1.807) is 0 Å². The fourth-order valence-electron chi connectivity index (χ4n) is 1.40. The Kier molecular flexibility index (Phi) is 4.19. The highest BCUT2D eigenvalue weighted by Gasteiger charge is 2.19. The Morgan fingerprint density at radius 2 is 2.06 bits per heavy atom. The summed E-state index contributed by atoms with van der Waals surface area (Å²) >= 11 is 5.26. The number of benzene rings is 1. The van der Waals surface area contributed by atoms with Gasteiger partial charge in [-0.2, -0.15) is 0 Å². The molecule has 1 aromatic carbocycles. The number of nitro groups is 1. The summed E-state index contributed by atoms with van der Waals surface area (Å²) in [6, 6.07) is 2.29. The summed E-state index contributed by atoms with van der Waals surface area (Å²) in [6.45, 7) is 1.53. The van der Waals surface area contributed by atoms with Gasteiger partial charge in [0.1, 0.15) is 10.7 Å². The predicted molar refractivity (Wildman–Crippen MR) is 62.0 cm³/mol. The molecule has 0 aliphatic rings. The number of thiol groups is 1. The Bertz CT molecular complexity index is 559. The number of carbonyl (C=O) groups is 1. The molecule has 92 valence electrons. The lowest BCUT2D eigenvalue weighted by Gasteiger charge is -2.04. The van der Waals surface area contributed by atoms with Crippen LogP contribution in [0.15, 0.2) is 12.1 Å². The van der Waals surface area contributed by atoms with Gasteiger partial charge in [0.15, 0.2) is 0 Å². The van der Waals surface area contributed by atoms with Crippen LogP contribution < -0.4 is 0 Å². The van der Waals surface area contributed by atoms with Crippen molar-refractivity contribution in [3.63, 3.8) is 0 Å². The lowest BCUT2D eigenvalue weighted by molar-refractivity contribution is -0.385. The zero-order valence-corrected chi connectivity index (χ0v) is 10.3. The molecule has 0 aliphatic carbocycles. The quantitative estimate of drug-likeness (QED) is 0.388. The highest BCUT2D eigenvalue weighted by molar-refractivity contribution is 7.71. The maximum absolute atomic E-state index is 11.0. The molecule has 17 heavy (non-hydrogen) atoms. The first-order chi connectivity index (χ1) is 7.82. The monoisotopic (exact) mass is 277 g/mol. The van der Waals surface area contributed by atoms with Crippen molar-refractivity contribution < 1.29 is 18.1 Å². The third-order valence-corrected chi connectivity index (χ3v) is 2.94. The van der Waals surface area contributed by atoms with Crippen molar-refractivity contribution in [2.75, 3.05) is 0 Å². The lowest BCUT2D eigenvalue weighted by Crippen LogP contribution is -2.02. The summed E-state index contributed by atoms with van der Waals surface area (Å²) in [4.78, 5) is 21.0. The first kappa shape index (κ1) is 13.6. The SMILES string of the molecule is Cc1cc(C[SH](=O)=O)c([N+](=O)[O-])cc1C(=O)Cl. The Morgan fingerprint density at radius 3 is 2.47 bits per heavy atom. The topological polar surface area (TPSA) is 94.3 Å². The molecule has 0 radical (unpaired) electrons. The van der Waals surface area contributed by atoms with Crippen molar-refractivity contribution in [1.29, 1.82) is 0 Å². The van der Waals surface area contributed by atoms with Gasteiger partial charge in [-0.15, -0.1) is 0 Å². The standard InChI is InChI=1S/C9H8ClNO5S/c1-5-2-6(4-17(15)16)8(11(13)14)3-7(5)9(10)12/h2-3,17H,4H2,1H3. The van der Waals surface area contributed by atoms with E-state index in [9.17, 15) is 23.3 Å². The third-order valence-electron chi connectivity index (χ3n) is 2.13. The van der Waals surface area contributed by atoms with Crippen molar-refractivity contribution in [2.24, 2.45) is 0 Å². The number of rotatable bonds is 4. The number of halogens is 1. The first-order valence-electron chi connectivity index (χ1n) is 4.42. The van der Waals surface area contributed by atoms with Crippen molar-refractivity contribution in [1.82, 2.24) is 0 Å². The average molecular weight is 278 g/mol. The van der Waals surface area contributed by atoms with E-state index >= 15 is 0 Å². The van der Waals surface area contributed by atoms with Crippen LogP contribution in [0.5, 0.6) is 0 Å². The van der Waals surface area contributed by atoms with Crippen LogP contribution in [0.2, 0.25) is 0 Å². The Hall–Kier alpha value is -1.47. The minimum absolute atomic E-state index is 0.00300. The Balaban J connectivity index is 3.45. The Morgan fingerprint density at radius 1 is 1.47 bits per heavy atom. The van der Waals surface area contributed by atoms with Gasteiger partial charge in [0.05, 0.1) is 10.7 Å². The molecular weight excluding hydrogens is 270 g/mol. The molecule has 0 bridgehead atoms. The molecule has 1 aromatic rings. The number of nitro benzene ring substituents is 1. The third kappa shape index (κ3) is 3.24. The number of hydrogen-bond donors (Lipinski definition) is 1. The van der Waals surface area contributed by atoms with E-state index in [4.69, 9.17) is 11.6 Å². The minimum atomic E-state index is -2.78. The summed E-state index contributed by atoms with van der Waals surface area (Å²) < 4.78 is 21.2. The first-order valence-corrected chi connectivity index (χ1v) is 6.16. The van der Waals surface area contributed by atoms with Crippen molar-refractivity contribution in [3.05, 3.63) is 38.9 Å². The van der Waals surface area contributed by atoms with Crippen LogP contribution in [-0.2, 0) is 16.5 Å². The molecule has 0 saturated carbocycles. The summed E-state index contributed by atoms with van der Waals surface area (Å²) in [7, 11) is -2.78. The molecule has 0 aliphatic heterocycles. The average Bonchev–Trinajstić information content (AvgIpc) is 2.15. The molecule has 0 saturated heterocycles. The summed E-state index contributed by atoms with van der Waals surface area (Å²) in [5.41, 5.74) is 0.0368. The molecule has 0 N–H and O–H groups in total. The van der Waals surface area contributed by atoms with E-state index in [2.05, 4.69) is 0 Å². The van der Waals surface area contributed by atoms with Gasteiger partial charge in [-0.1, -0.05) is 0 Å². The van der Waals surface area contributed by atoms with E-state index in [1.165, 1.54) is 13.0 Å². The van der Waals surface area contributed by atoms with Crippen molar-refractivity contribution >= 4 is 33.2 Å². The zero-order chi connectivity index (χ0) is 13.2. The van der Waals surface area contributed by atoms with Crippen LogP contribution >= 0.6 is 11.6 Å². The largest absolute Gasteiger partial charge is 0.276 e. The van der Waals surface area contributed by atoms with Crippen LogP contribution in [-0.4, -0.2) is 18.6 Å². The van der Waals surface area contributed by atoms with E-state index in [1.807, 2.05) is 0 Å². The number of aryl methyl sites for hydroxylation is 1. The molecule has 0 heterocycles. The van der Waals surface area contributed by atoms with Crippen molar-refractivity contribution in [3.8, 4) is 0 Å². The molecule has 0 unspecified atom stereocenters. The fourth-order valence-corrected chi connectivity index (χ4v) is 2.14. The molecule has 1 rings (SSSR count). The minimum Gasteiger partial charge on any atom is -0.276 e. The van der Waals surface area contributed by atoms with Crippen LogP contribution in [0.1, 0.15) is 21.5 Å². The van der Waals surface area contributed by atoms with Gasteiger partial charge in [-0.3, -0.25) is 14.9 Å². The number of nitrogens with zero attached hydrogens (tertiary/aromatic N) is 1. The van der Waals surface area contributed by atoms with Crippen LogP contribution in [0.3, 0.4) is 0 Å². The molecule has 0 aromatic heterocycles. The predicted octanol–water partition coefficient (Wildman–Crippen LogP) is 1.39. The normalized spacial score (nSPS) is 10.5. The zero-order valence-electron chi connectivity index (χ0n) is 8.68. The second-order valence-electron chi connectivity index (χ2n) is 3.32. The van der Waals surface area contributed by atoms with Crippen molar-refractivity contribution in [2.45, 2.75) is 12.7 Å². The van der Waals surface area contributed by atoms with Gasteiger partial charge < -0.3 is 0 Å². The molecule has 0 spiro atoms. The van der Waals surface area contributed by atoms with E-state index in [-0.39, 0.29) is 11.1 Å². The highest BCUT2D eigenvalue weighted by atomic mass is 35.5. The highest BCUT2D eigenvalue weighted by Crippen LogP contribution is 2.25. The van der Waals surface area contributed by atoms with Gasteiger partial charge in [-0.05, 0) is 30.2 Å². The van der Waals surface area contributed by atoms with Gasteiger partial charge >= 0.3 is 0 Å².